The first kappa shape index (κ1) is 9.48. The normalized spacial score (nSPS) is 32.9. The van der Waals surface area contributed by atoms with Gasteiger partial charge >= 0.3 is 0 Å². The maximum atomic E-state index is 10.1. The number of rotatable bonds is 1. The van der Waals surface area contributed by atoms with E-state index in [1.54, 1.807) is 0 Å². The van der Waals surface area contributed by atoms with Crippen molar-refractivity contribution in [3.8, 4) is 0 Å². The molecule has 2 heterocycles. The Morgan fingerprint density at radius 3 is 2.86 bits per heavy atom. The molecule has 2 atom stereocenters. The van der Waals surface area contributed by atoms with Crippen LogP contribution >= 0.6 is 0 Å². The second-order valence-corrected chi connectivity index (χ2v) is 3.86. The van der Waals surface area contributed by atoms with Crippen molar-refractivity contribution < 1.29 is 5.11 Å². The van der Waals surface area contributed by atoms with E-state index in [1.807, 2.05) is 6.92 Å². The van der Waals surface area contributed by atoms with Crippen LogP contribution in [0.15, 0.2) is 12.7 Å². The first-order chi connectivity index (χ1) is 6.70. The molecule has 5 nitrogen and oxygen atoms in total. The van der Waals surface area contributed by atoms with E-state index in [4.69, 9.17) is 0 Å². The highest BCUT2D eigenvalue weighted by Crippen LogP contribution is 2.30. The number of aromatic nitrogens is 3. The van der Waals surface area contributed by atoms with Crippen molar-refractivity contribution in [1.29, 1.82) is 0 Å². The van der Waals surface area contributed by atoms with Crippen LogP contribution in [0, 0.1) is 0 Å². The van der Waals surface area contributed by atoms with Gasteiger partial charge in [-0.1, -0.05) is 0 Å². The zero-order valence-electron chi connectivity index (χ0n) is 8.14. The van der Waals surface area contributed by atoms with Crippen molar-refractivity contribution in [2.45, 2.75) is 24.9 Å². The molecule has 14 heavy (non-hydrogen) atoms. The van der Waals surface area contributed by atoms with E-state index < -0.39 is 5.60 Å². The first-order valence-electron chi connectivity index (χ1n) is 4.75. The van der Waals surface area contributed by atoms with Gasteiger partial charge in [0.25, 0.3) is 0 Å². The molecule has 1 aliphatic rings. The van der Waals surface area contributed by atoms with Crippen molar-refractivity contribution >= 4 is 0 Å². The average molecular weight is 194 g/mol. The highest BCUT2D eigenvalue weighted by atomic mass is 16.3. The molecule has 2 rings (SSSR count). The van der Waals surface area contributed by atoms with Gasteiger partial charge in [0.05, 0.1) is 11.5 Å². The molecule has 0 saturated carbocycles. The fourth-order valence-corrected chi connectivity index (χ4v) is 1.78. The summed E-state index contributed by atoms with van der Waals surface area (Å²) >= 11 is 0. The summed E-state index contributed by atoms with van der Waals surface area (Å²) in [7, 11) is 0. The lowest BCUT2D eigenvalue weighted by atomic mass is 9.83. The fourth-order valence-electron chi connectivity index (χ4n) is 1.78. The van der Waals surface area contributed by atoms with Crippen LogP contribution in [0.1, 0.15) is 25.1 Å². The standard InChI is InChI=1S/C9H14N4O/c1-9(14)2-3-10-4-7(9)8-12-5-11-6-13-8/h5-7,10,14H,2-4H2,1H3. The van der Waals surface area contributed by atoms with E-state index >= 15 is 0 Å². The summed E-state index contributed by atoms with van der Waals surface area (Å²) in [6.45, 7) is 3.40. The van der Waals surface area contributed by atoms with Gasteiger partial charge < -0.3 is 10.4 Å². The lowest BCUT2D eigenvalue weighted by Crippen LogP contribution is -2.47. The summed E-state index contributed by atoms with van der Waals surface area (Å²) in [5.41, 5.74) is -0.716. The highest BCUT2D eigenvalue weighted by Gasteiger charge is 2.37. The molecule has 5 heteroatoms. The third-order valence-electron chi connectivity index (χ3n) is 2.73. The molecular formula is C9H14N4O. The molecule has 1 aliphatic heterocycles. The number of hydrogen-bond donors (Lipinski definition) is 2. The Morgan fingerprint density at radius 1 is 1.50 bits per heavy atom. The van der Waals surface area contributed by atoms with Crippen LogP contribution in [0.25, 0.3) is 0 Å². The average Bonchev–Trinajstić information content (AvgIpc) is 2.18. The molecule has 0 bridgehead atoms. The summed E-state index contributed by atoms with van der Waals surface area (Å²) in [5.74, 6) is 0.622. The Bertz CT molecular complexity index is 301. The van der Waals surface area contributed by atoms with Gasteiger partial charge in [-0.3, -0.25) is 0 Å². The summed E-state index contributed by atoms with van der Waals surface area (Å²) in [6.07, 6.45) is 3.66. The Hall–Kier alpha value is -1.07. The Labute approximate surface area is 82.6 Å². The first-order valence-corrected chi connectivity index (χ1v) is 4.75. The van der Waals surface area contributed by atoms with Crippen LogP contribution in [0.2, 0.25) is 0 Å². The van der Waals surface area contributed by atoms with E-state index in [2.05, 4.69) is 20.3 Å². The van der Waals surface area contributed by atoms with E-state index in [-0.39, 0.29) is 5.92 Å². The molecule has 0 aromatic carbocycles. The van der Waals surface area contributed by atoms with Crippen molar-refractivity contribution in [1.82, 2.24) is 20.3 Å². The van der Waals surface area contributed by atoms with Gasteiger partial charge in [-0.05, 0) is 19.9 Å². The summed E-state index contributed by atoms with van der Waals surface area (Å²) in [6, 6.07) is 0. The largest absolute Gasteiger partial charge is 0.389 e. The van der Waals surface area contributed by atoms with Gasteiger partial charge in [0.2, 0.25) is 0 Å². The monoisotopic (exact) mass is 194 g/mol. The predicted molar refractivity (Wildman–Crippen MR) is 50.7 cm³/mol. The minimum atomic E-state index is -0.716. The Morgan fingerprint density at radius 2 is 2.21 bits per heavy atom. The van der Waals surface area contributed by atoms with E-state index in [0.29, 0.717) is 5.82 Å². The van der Waals surface area contributed by atoms with Gasteiger partial charge in [0.1, 0.15) is 18.5 Å². The molecule has 2 unspecified atom stereocenters. The molecule has 2 N–H and O–H groups in total. The molecule has 1 aromatic rings. The second kappa shape index (κ2) is 3.59. The van der Waals surface area contributed by atoms with Crippen LogP contribution in [0.3, 0.4) is 0 Å². The lowest BCUT2D eigenvalue weighted by molar-refractivity contribution is 0.00503. The third-order valence-corrected chi connectivity index (χ3v) is 2.73. The molecule has 0 amide bonds. The van der Waals surface area contributed by atoms with Crippen LogP contribution in [0.5, 0.6) is 0 Å². The van der Waals surface area contributed by atoms with Gasteiger partial charge in [-0.15, -0.1) is 0 Å². The quantitative estimate of drug-likeness (QED) is 0.642. The highest BCUT2D eigenvalue weighted by molar-refractivity contribution is 5.06. The van der Waals surface area contributed by atoms with Gasteiger partial charge in [-0.2, -0.15) is 0 Å². The molecular weight excluding hydrogens is 180 g/mol. The molecule has 1 saturated heterocycles. The van der Waals surface area contributed by atoms with Crippen molar-refractivity contribution in [2.75, 3.05) is 13.1 Å². The minimum Gasteiger partial charge on any atom is -0.389 e. The Kier molecular flexibility index (Phi) is 2.43. The van der Waals surface area contributed by atoms with Gasteiger partial charge in [0.15, 0.2) is 0 Å². The maximum absolute atomic E-state index is 10.1. The fraction of sp³-hybridized carbons (Fsp3) is 0.667. The number of nitrogens with one attached hydrogen (secondary N) is 1. The van der Waals surface area contributed by atoms with Crippen LogP contribution in [-0.4, -0.2) is 38.7 Å². The second-order valence-electron chi connectivity index (χ2n) is 3.86. The van der Waals surface area contributed by atoms with Crippen molar-refractivity contribution in [2.24, 2.45) is 0 Å². The number of piperidine rings is 1. The molecule has 0 radical (unpaired) electrons. The summed E-state index contributed by atoms with van der Waals surface area (Å²) in [4.78, 5) is 11.9. The minimum absolute atomic E-state index is 0.0424. The lowest BCUT2D eigenvalue weighted by Gasteiger charge is -2.36. The summed E-state index contributed by atoms with van der Waals surface area (Å²) in [5, 5.41) is 13.4. The van der Waals surface area contributed by atoms with E-state index in [1.165, 1.54) is 12.7 Å². The van der Waals surface area contributed by atoms with Gasteiger partial charge in [-0.25, -0.2) is 15.0 Å². The van der Waals surface area contributed by atoms with Crippen molar-refractivity contribution in [3.63, 3.8) is 0 Å². The number of aliphatic hydroxyl groups is 1. The SMILES string of the molecule is CC1(O)CCNCC1c1ncncn1. The van der Waals surface area contributed by atoms with Crippen LogP contribution < -0.4 is 5.32 Å². The topological polar surface area (TPSA) is 70.9 Å². The van der Waals surface area contributed by atoms with Crippen LogP contribution in [0.4, 0.5) is 0 Å². The summed E-state index contributed by atoms with van der Waals surface area (Å²) < 4.78 is 0. The van der Waals surface area contributed by atoms with Crippen LogP contribution in [-0.2, 0) is 0 Å². The molecule has 1 fully saturated rings. The molecule has 0 spiro atoms. The zero-order chi connectivity index (χ0) is 10.0. The van der Waals surface area contributed by atoms with Gasteiger partial charge in [0, 0.05) is 6.54 Å². The van der Waals surface area contributed by atoms with E-state index in [9.17, 15) is 5.11 Å². The zero-order valence-corrected chi connectivity index (χ0v) is 8.14. The number of nitrogens with zero attached hydrogens (tertiary/aromatic N) is 3. The van der Waals surface area contributed by atoms with Crippen molar-refractivity contribution in [3.05, 3.63) is 18.5 Å². The predicted octanol–water partition coefficient (Wildman–Crippen LogP) is -0.301. The number of hydrogen-bond acceptors (Lipinski definition) is 5. The molecule has 1 aromatic heterocycles. The molecule has 76 valence electrons. The van der Waals surface area contributed by atoms with E-state index in [0.717, 1.165) is 19.5 Å². The Balaban J connectivity index is 2.24. The smallest absolute Gasteiger partial charge is 0.139 e. The molecule has 0 aliphatic carbocycles. The third kappa shape index (κ3) is 1.73. The maximum Gasteiger partial charge on any atom is 0.139 e.